The van der Waals surface area contributed by atoms with Gasteiger partial charge in [-0.05, 0) is 42.0 Å². The van der Waals surface area contributed by atoms with Gasteiger partial charge in [-0.2, -0.15) is 15.1 Å². The predicted molar refractivity (Wildman–Crippen MR) is 118 cm³/mol. The van der Waals surface area contributed by atoms with E-state index in [2.05, 4.69) is 39.8 Å². The number of fused-ring (bicyclic) bond motifs is 2. The molecule has 0 unspecified atom stereocenters. The van der Waals surface area contributed by atoms with E-state index < -0.39 is 5.91 Å². The molecule has 0 aliphatic carbocycles. The maximum absolute atomic E-state index is 12.5. The average Bonchev–Trinajstić information content (AvgIpc) is 3.32. The Kier molecular flexibility index (Phi) is 4.17. The number of carbonyl (C=O) groups is 1. The third-order valence-corrected chi connectivity index (χ3v) is 5.79. The first-order valence-electron chi connectivity index (χ1n) is 9.17. The van der Waals surface area contributed by atoms with Crippen molar-refractivity contribution in [2.45, 2.75) is 13.5 Å². The maximum atomic E-state index is 12.5. The number of hydrogen-bond acceptors (Lipinski definition) is 4. The lowest BCUT2D eigenvalue weighted by atomic mass is 10.1. The van der Waals surface area contributed by atoms with Crippen LogP contribution in [0.4, 0.5) is 0 Å². The third-order valence-electron chi connectivity index (χ3n) is 5.12. The minimum atomic E-state index is -0.407. The molecule has 0 spiro atoms. The molecule has 0 saturated heterocycles. The Balaban J connectivity index is 1.60. The molecule has 2 aromatic carbocycles. The van der Waals surface area contributed by atoms with Crippen LogP contribution in [0.1, 0.15) is 16.7 Å². The largest absolute Gasteiger partial charge is 0.342 e. The number of aliphatic imine (C=N–C) groups is 1. The van der Waals surface area contributed by atoms with E-state index in [1.54, 1.807) is 11.6 Å². The summed E-state index contributed by atoms with van der Waals surface area (Å²) in [5.74, 6) is -0.355. The van der Waals surface area contributed by atoms with E-state index in [9.17, 15) is 4.79 Å². The molecule has 1 aromatic heterocycles. The summed E-state index contributed by atoms with van der Waals surface area (Å²) in [6.45, 7) is 2.84. The Bertz CT molecular complexity index is 1270. The van der Waals surface area contributed by atoms with Gasteiger partial charge >= 0.3 is 0 Å². The highest BCUT2D eigenvalue weighted by molar-refractivity contribution is 8.25. The van der Waals surface area contributed by atoms with Crippen LogP contribution in [-0.4, -0.2) is 32.0 Å². The highest BCUT2D eigenvalue weighted by Crippen LogP contribution is 2.28. The number of rotatable bonds is 3. The van der Waals surface area contributed by atoms with E-state index in [0.29, 0.717) is 5.17 Å². The van der Waals surface area contributed by atoms with Gasteiger partial charge in [0.05, 0.1) is 11.1 Å². The summed E-state index contributed by atoms with van der Waals surface area (Å²) in [4.78, 5) is 16.6. The van der Waals surface area contributed by atoms with Gasteiger partial charge in [-0.3, -0.25) is 10.2 Å². The van der Waals surface area contributed by atoms with Crippen LogP contribution in [0.3, 0.4) is 0 Å². The van der Waals surface area contributed by atoms with Crippen molar-refractivity contribution in [1.29, 1.82) is 5.41 Å². The van der Waals surface area contributed by atoms with Gasteiger partial charge in [0.25, 0.3) is 5.91 Å². The molecule has 3 heterocycles. The van der Waals surface area contributed by atoms with Crippen LogP contribution in [0.25, 0.3) is 17.0 Å². The lowest BCUT2D eigenvalue weighted by molar-refractivity contribution is -0.114. The number of thioether (sulfide) groups is 1. The highest BCUT2D eigenvalue weighted by Gasteiger charge is 2.32. The number of carbonyl (C=O) groups excluding carboxylic acids is 1. The fraction of sp³-hybridized carbons (Fsp3) is 0.0909. The minimum absolute atomic E-state index is 0.0528. The number of amidine groups is 2. The van der Waals surface area contributed by atoms with Crippen molar-refractivity contribution < 1.29 is 4.79 Å². The van der Waals surface area contributed by atoms with Gasteiger partial charge in [0.15, 0.2) is 11.0 Å². The summed E-state index contributed by atoms with van der Waals surface area (Å²) >= 11 is 1.24. The van der Waals surface area contributed by atoms with Gasteiger partial charge in [0.2, 0.25) is 0 Å². The number of benzene rings is 2. The van der Waals surface area contributed by atoms with E-state index in [4.69, 9.17) is 5.41 Å². The first-order chi connectivity index (χ1) is 14.1. The maximum Gasteiger partial charge on any atom is 0.283 e. The van der Waals surface area contributed by atoms with Crippen molar-refractivity contribution in [1.82, 2.24) is 9.58 Å². The molecule has 142 valence electrons. The fourth-order valence-corrected chi connectivity index (χ4v) is 4.19. The van der Waals surface area contributed by atoms with E-state index in [-0.39, 0.29) is 11.4 Å². The number of nitrogens with one attached hydrogen (secondary N) is 1. The van der Waals surface area contributed by atoms with E-state index in [1.807, 2.05) is 36.5 Å². The van der Waals surface area contributed by atoms with Crippen molar-refractivity contribution in [2.75, 3.05) is 0 Å². The number of nitrogens with zero attached hydrogens (tertiary/aromatic N) is 4. The van der Waals surface area contributed by atoms with Crippen LogP contribution in [0.2, 0.25) is 0 Å². The standard InChI is InChI=1S/C22H17N5OS/c1-14-6-2-3-7-15(14)11-26-12-16(17-8-4-5-9-19(17)26)10-18-20(23)27-22(25-21(18)28)29-13-24-27/h2-10,12-13,23H,11H2,1H3/b18-10+,23-20?. The molecule has 3 aromatic rings. The van der Waals surface area contributed by atoms with Crippen molar-refractivity contribution >= 4 is 51.2 Å². The van der Waals surface area contributed by atoms with Crippen LogP contribution in [-0.2, 0) is 11.3 Å². The van der Waals surface area contributed by atoms with Crippen LogP contribution < -0.4 is 0 Å². The third kappa shape index (κ3) is 3.00. The molecule has 5 rings (SSSR count). The number of para-hydroxylation sites is 1. The SMILES string of the molecule is Cc1ccccc1Cn1cc(/C=C2\C(=N)N3N=CSC3=NC2=O)c2ccccc21. The number of hydrazone groups is 1. The second kappa shape index (κ2) is 6.86. The van der Waals surface area contributed by atoms with Crippen LogP contribution in [0.5, 0.6) is 0 Å². The molecule has 7 heteroatoms. The summed E-state index contributed by atoms with van der Waals surface area (Å²) in [5, 5.41) is 15.4. The van der Waals surface area contributed by atoms with Gasteiger partial charge in [-0.15, -0.1) is 0 Å². The molecule has 2 aliphatic rings. The van der Waals surface area contributed by atoms with Crippen LogP contribution >= 0.6 is 11.8 Å². The van der Waals surface area contributed by atoms with E-state index in [1.165, 1.54) is 27.9 Å². The molecule has 0 atom stereocenters. The number of amides is 1. The molecular formula is C22H17N5OS. The molecule has 0 radical (unpaired) electrons. The monoisotopic (exact) mass is 399 g/mol. The smallest absolute Gasteiger partial charge is 0.283 e. The van der Waals surface area contributed by atoms with Crippen molar-refractivity contribution in [2.24, 2.45) is 10.1 Å². The fourth-order valence-electron chi connectivity index (χ4n) is 3.58. The van der Waals surface area contributed by atoms with Gasteiger partial charge in [-0.1, -0.05) is 42.5 Å². The first kappa shape index (κ1) is 17.6. The molecule has 1 amide bonds. The first-order valence-corrected chi connectivity index (χ1v) is 10.0. The Morgan fingerprint density at radius 3 is 2.79 bits per heavy atom. The van der Waals surface area contributed by atoms with Crippen molar-refractivity contribution in [3.05, 3.63) is 77.0 Å². The zero-order valence-electron chi connectivity index (χ0n) is 15.7. The highest BCUT2D eigenvalue weighted by atomic mass is 32.2. The molecule has 0 bridgehead atoms. The Hall–Kier alpha value is -3.45. The number of aromatic nitrogens is 1. The quantitative estimate of drug-likeness (QED) is 0.669. The predicted octanol–water partition coefficient (Wildman–Crippen LogP) is 4.25. The number of aryl methyl sites for hydroxylation is 1. The Labute approximate surface area is 171 Å². The molecule has 2 aliphatic heterocycles. The topological polar surface area (TPSA) is 73.8 Å². The summed E-state index contributed by atoms with van der Waals surface area (Å²) in [7, 11) is 0. The normalized spacial score (nSPS) is 17.3. The second-order valence-electron chi connectivity index (χ2n) is 6.91. The molecular weight excluding hydrogens is 382 g/mol. The molecule has 1 N–H and O–H groups in total. The van der Waals surface area contributed by atoms with Gasteiger partial charge in [0.1, 0.15) is 0 Å². The van der Waals surface area contributed by atoms with Gasteiger partial charge < -0.3 is 4.57 Å². The van der Waals surface area contributed by atoms with Crippen LogP contribution in [0, 0.1) is 12.3 Å². The van der Waals surface area contributed by atoms with Crippen molar-refractivity contribution in [3.8, 4) is 0 Å². The lowest BCUT2D eigenvalue weighted by Crippen LogP contribution is -2.35. The van der Waals surface area contributed by atoms with Gasteiger partial charge in [-0.25, -0.2) is 0 Å². The molecule has 0 fully saturated rings. The Morgan fingerprint density at radius 1 is 1.14 bits per heavy atom. The average molecular weight is 399 g/mol. The lowest BCUT2D eigenvalue weighted by Gasteiger charge is -2.20. The Morgan fingerprint density at radius 2 is 1.93 bits per heavy atom. The minimum Gasteiger partial charge on any atom is -0.342 e. The molecule has 6 nitrogen and oxygen atoms in total. The van der Waals surface area contributed by atoms with Crippen molar-refractivity contribution in [3.63, 3.8) is 0 Å². The summed E-state index contributed by atoms with van der Waals surface area (Å²) in [5.41, 5.74) is 6.27. The van der Waals surface area contributed by atoms with Crippen LogP contribution in [0.15, 0.2) is 70.4 Å². The molecule has 29 heavy (non-hydrogen) atoms. The summed E-state index contributed by atoms with van der Waals surface area (Å²) in [6.07, 6.45) is 3.78. The zero-order chi connectivity index (χ0) is 20.0. The van der Waals surface area contributed by atoms with Gasteiger partial charge in [0, 0.05) is 29.2 Å². The van der Waals surface area contributed by atoms with E-state index >= 15 is 0 Å². The summed E-state index contributed by atoms with van der Waals surface area (Å²) in [6, 6.07) is 16.4. The summed E-state index contributed by atoms with van der Waals surface area (Å²) < 4.78 is 2.18. The molecule has 0 saturated carbocycles. The zero-order valence-corrected chi connectivity index (χ0v) is 16.5. The second-order valence-corrected chi connectivity index (χ2v) is 7.72. The van der Waals surface area contributed by atoms with E-state index in [0.717, 1.165) is 23.0 Å². The number of hydrogen-bond donors (Lipinski definition) is 1.